The minimum absolute atomic E-state index is 0.00291. The molecule has 1 atom stereocenters. The SMILES string of the molecule is CC(C)(C)n1cc(CNCCC2CCCO2)nn1. The first-order valence-corrected chi connectivity index (χ1v) is 6.80. The maximum atomic E-state index is 5.58. The van der Waals surface area contributed by atoms with E-state index in [9.17, 15) is 0 Å². The molecule has 0 amide bonds. The molecule has 2 rings (SSSR count). The molecule has 1 aromatic rings. The summed E-state index contributed by atoms with van der Waals surface area (Å²) in [5.74, 6) is 0. The Hall–Kier alpha value is -0.940. The lowest BCUT2D eigenvalue weighted by atomic mass is 10.1. The summed E-state index contributed by atoms with van der Waals surface area (Å²) in [6.45, 7) is 9.06. The lowest BCUT2D eigenvalue weighted by Gasteiger charge is -2.17. The van der Waals surface area contributed by atoms with Crippen molar-refractivity contribution in [3.05, 3.63) is 11.9 Å². The Kier molecular flexibility index (Phi) is 4.35. The van der Waals surface area contributed by atoms with Crippen LogP contribution in [0.1, 0.15) is 45.7 Å². The molecule has 1 unspecified atom stereocenters. The van der Waals surface area contributed by atoms with Gasteiger partial charge in [-0.2, -0.15) is 0 Å². The molecule has 0 saturated carbocycles. The first-order valence-electron chi connectivity index (χ1n) is 6.80. The van der Waals surface area contributed by atoms with Crippen LogP contribution in [0.15, 0.2) is 6.20 Å². The lowest BCUT2D eigenvalue weighted by molar-refractivity contribution is 0.104. The third-order valence-corrected chi connectivity index (χ3v) is 3.20. The fourth-order valence-corrected chi connectivity index (χ4v) is 2.06. The van der Waals surface area contributed by atoms with Crippen LogP contribution in [0.2, 0.25) is 0 Å². The van der Waals surface area contributed by atoms with E-state index in [-0.39, 0.29) is 5.54 Å². The van der Waals surface area contributed by atoms with Gasteiger partial charge in [0.1, 0.15) is 0 Å². The second-order valence-electron chi connectivity index (χ2n) is 5.93. The third-order valence-electron chi connectivity index (χ3n) is 3.20. The van der Waals surface area contributed by atoms with Crippen molar-refractivity contribution in [1.29, 1.82) is 0 Å². The number of hydrogen-bond donors (Lipinski definition) is 1. The molecule has 102 valence electrons. The summed E-state index contributed by atoms with van der Waals surface area (Å²) in [6.07, 6.45) is 5.99. The Morgan fingerprint density at radius 2 is 2.33 bits per heavy atom. The highest BCUT2D eigenvalue weighted by molar-refractivity contribution is 4.94. The van der Waals surface area contributed by atoms with Crippen LogP contribution in [0.3, 0.4) is 0 Å². The average molecular weight is 252 g/mol. The molecule has 1 aliphatic rings. The van der Waals surface area contributed by atoms with Crippen molar-refractivity contribution in [3.63, 3.8) is 0 Å². The van der Waals surface area contributed by atoms with Gasteiger partial charge in [0.15, 0.2) is 0 Å². The minimum Gasteiger partial charge on any atom is -0.378 e. The summed E-state index contributed by atoms with van der Waals surface area (Å²) in [4.78, 5) is 0. The first kappa shape index (κ1) is 13.5. The molecule has 0 aliphatic carbocycles. The topological polar surface area (TPSA) is 52.0 Å². The first-order chi connectivity index (χ1) is 8.55. The average Bonchev–Trinajstić information content (AvgIpc) is 2.95. The van der Waals surface area contributed by atoms with E-state index in [1.54, 1.807) is 0 Å². The Balaban J connectivity index is 1.68. The quantitative estimate of drug-likeness (QED) is 0.810. The van der Waals surface area contributed by atoms with E-state index in [4.69, 9.17) is 4.74 Å². The predicted octanol–water partition coefficient (Wildman–Crippen LogP) is 1.69. The monoisotopic (exact) mass is 252 g/mol. The van der Waals surface area contributed by atoms with Crippen LogP contribution < -0.4 is 5.32 Å². The number of aromatic nitrogens is 3. The van der Waals surface area contributed by atoms with Crippen LogP contribution in [-0.4, -0.2) is 34.2 Å². The van der Waals surface area contributed by atoms with Gasteiger partial charge < -0.3 is 10.1 Å². The van der Waals surface area contributed by atoms with Gasteiger partial charge in [-0.1, -0.05) is 5.21 Å². The van der Waals surface area contributed by atoms with Gasteiger partial charge in [-0.15, -0.1) is 5.10 Å². The second-order valence-corrected chi connectivity index (χ2v) is 5.93. The number of nitrogens with zero attached hydrogens (tertiary/aromatic N) is 3. The highest BCUT2D eigenvalue weighted by Crippen LogP contribution is 2.14. The van der Waals surface area contributed by atoms with Gasteiger partial charge in [0.25, 0.3) is 0 Å². The molecule has 1 aliphatic heterocycles. The lowest BCUT2D eigenvalue weighted by Crippen LogP contribution is -2.22. The minimum atomic E-state index is 0.00291. The molecule has 18 heavy (non-hydrogen) atoms. The number of rotatable bonds is 5. The molecular formula is C13H24N4O. The maximum Gasteiger partial charge on any atom is 0.0965 e. The van der Waals surface area contributed by atoms with E-state index in [1.165, 1.54) is 12.8 Å². The van der Waals surface area contributed by atoms with E-state index in [1.807, 2.05) is 10.9 Å². The highest BCUT2D eigenvalue weighted by Gasteiger charge is 2.16. The van der Waals surface area contributed by atoms with E-state index in [0.717, 1.165) is 31.8 Å². The van der Waals surface area contributed by atoms with Crippen molar-refractivity contribution in [1.82, 2.24) is 20.3 Å². The third kappa shape index (κ3) is 3.78. The summed E-state index contributed by atoms with van der Waals surface area (Å²) < 4.78 is 7.49. The molecular weight excluding hydrogens is 228 g/mol. The van der Waals surface area contributed by atoms with Gasteiger partial charge in [0.2, 0.25) is 0 Å². The van der Waals surface area contributed by atoms with Crippen LogP contribution in [0.5, 0.6) is 0 Å². The fourth-order valence-electron chi connectivity index (χ4n) is 2.06. The van der Waals surface area contributed by atoms with Crippen molar-refractivity contribution in [2.45, 2.75) is 58.2 Å². The van der Waals surface area contributed by atoms with Crippen molar-refractivity contribution in [2.75, 3.05) is 13.2 Å². The maximum absolute atomic E-state index is 5.58. The molecule has 0 aromatic carbocycles. The number of hydrogen-bond acceptors (Lipinski definition) is 4. The van der Waals surface area contributed by atoms with Crippen LogP contribution in [0, 0.1) is 0 Å². The van der Waals surface area contributed by atoms with Crippen molar-refractivity contribution in [2.24, 2.45) is 0 Å². The van der Waals surface area contributed by atoms with Crippen LogP contribution >= 0.6 is 0 Å². The molecule has 1 fully saturated rings. The standard InChI is InChI=1S/C13H24N4O/c1-13(2,3)17-10-11(15-16-17)9-14-7-6-12-5-4-8-18-12/h10,12,14H,4-9H2,1-3H3. The molecule has 5 nitrogen and oxygen atoms in total. The van der Waals surface area contributed by atoms with Gasteiger partial charge in [0.05, 0.1) is 23.5 Å². The van der Waals surface area contributed by atoms with Gasteiger partial charge in [-0.3, -0.25) is 0 Å². The summed E-state index contributed by atoms with van der Waals surface area (Å²) in [5, 5.41) is 11.7. The van der Waals surface area contributed by atoms with Crippen LogP contribution in [0.25, 0.3) is 0 Å². The van der Waals surface area contributed by atoms with Gasteiger partial charge >= 0.3 is 0 Å². The molecule has 0 bridgehead atoms. The van der Waals surface area contributed by atoms with Crippen molar-refractivity contribution < 1.29 is 4.74 Å². The van der Waals surface area contributed by atoms with Crippen LogP contribution in [0.4, 0.5) is 0 Å². The number of nitrogens with one attached hydrogen (secondary N) is 1. The summed E-state index contributed by atoms with van der Waals surface area (Å²) >= 11 is 0. The Morgan fingerprint density at radius 3 is 2.94 bits per heavy atom. The zero-order valence-corrected chi connectivity index (χ0v) is 11.6. The summed E-state index contributed by atoms with van der Waals surface area (Å²) in [7, 11) is 0. The molecule has 1 saturated heterocycles. The summed E-state index contributed by atoms with van der Waals surface area (Å²) in [6, 6.07) is 0. The van der Waals surface area contributed by atoms with Gasteiger partial charge in [0, 0.05) is 13.2 Å². The Labute approximate surface area is 109 Å². The van der Waals surface area contributed by atoms with Crippen molar-refractivity contribution in [3.8, 4) is 0 Å². The molecule has 5 heteroatoms. The zero-order valence-electron chi connectivity index (χ0n) is 11.6. The van der Waals surface area contributed by atoms with E-state index in [2.05, 4.69) is 36.4 Å². The van der Waals surface area contributed by atoms with E-state index in [0.29, 0.717) is 6.10 Å². The van der Waals surface area contributed by atoms with E-state index >= 15 is 0 Å². The second kappa shape index (κ2) is 5.80. The summed E-state index contributed by atoms with van der Waals surface area (Å²) in [5.41, 5.74) is 1.00. The molecule has 0 spiro atoms. The molecule has 1 aromatic heterocycles. The van der Waals surface area contributed by atoms with Gasteiger partial charge in [-0.25, -0.2) is 4.68 Å². The number of ether oxygens (including phenoxy) is 1. The zero-order chi connectivity index (χ0) is 13.0. The highest BCUT2D eigenvalue weighted by atomic mass is 16.5. The van der Waals surface area contributed by atoms with Crippen LogP contribution in [-0.2, 0) is 16.8 Å². The molecule has 1 N–H and O–H groups in total. The van der Waals surface area contributed by atoms with Gasteiger partial charge in [-0.05, 0) is 46.6 Å². The Bertz CT molecular complexity index is 363. The largest absolute Gasteiger partial charge is 0.378 e. The predicted molar refractivity (Wildman–Crippen MR) is 70.3 cm³/mol. The molecule has 0 radical (unpaired) electrons. The molecule has 2 heterocycles. The van der Waals surface area contributed by atoms with E-state index < -0.39 is 0 Å². The fraction of sp³-hybridized carbons (Fsp3) is 0.846. The normalized spacial score (nSPS) is 20.5. The smallest absolute Gasteiger partial charge is 0.0965 e. The Morgan fingerprint density at radius 1 is 1.50 bits per heavy atom. The van der Waals surface area contributed by atoms with Crippen molar-refractivity contribution >= 4 is 0 Å².